The van der Waals surface area contributed by atoms with Crippen LogP contribution < -0.4 is 5.32 Å². The van der Waals surface area contributed by atoms with Gasteiger partial charge in [0.1, 0.15) is 0 Å². The third kappa shape index (κ3) is 22.1. The quantitative estimate of drug-likeness (QED) is 0.596. The third-order valence-electron chi connectivity index (χ3n) is 3.16. The van der Waals surface area contributed by atoms with Crippen molar-refractivity contribution in [3.63, 3.8) is 0 Å². The Labute approximate surface area is 179 Å². The third-order valence-corrected chi connectivity index (χ3v) is 4.65. The topological polar surface area (TPSA) is 105 Å². The van der Waals surface area contributed by atoms with Crippen molar-refractivity contribution in [2.45, 2.75) is 58.5 Å². The minimum absolute atomic E-state index is 0.204. The molecule has 0 radical (unpaired) electrons. The molecule has 0 atom stereocenters. The van der Waals surface area contributed by atoms with E-state index in [4.69, 9.17) is 21.7 Å². The molecule has 11 heteroatoms. The van der Waals surface area contributed by atoms with Crippen LogP contribution in [0.2, 0.25) is 0 Å². The van der Waals surface area contributed by atoms with Gasteiger partial charge in [-0.3, -0.25) is 17.5 Å². The van der Waals surface area contributed by atoms with E-state index in [0.29, 0.717) is 13.2 Å². The molecule has 7 nitrogen and oxygen atoms in total. The zero-order valence-electron chi connectivity index (χ0n) is 16.5. The predicted octanol–water partition coefficient (Wildman–Crippen LogP) is 3.42. The van der Waals surface area contributed by atoms with Crippen LogP contribution in [-0.4, -0.2) is 36.3 Å². The van der Waals surface area contributed by atoms with Gasteiger partial charge in [-0.1, -0.05) is 43.2 Å². The normalized spacial score (nSPS) is 17.5. The lowest BCUT2D eigenvalue weighted by Gasteiger charge is -2.20. The summed E-state index contributed by atoms with van der Waals surface area (Å²) in [6.07, 6.45) is 4.07. The molecule has 0 saturated carbocycles. The van der Waals surface area contributed by atoms with Crippen LogP contribution in [0.3, 0.4) is 0 Å². The summed E-state index contributed by atoms with van der Waals surface area (Å²) in [4.78, 5) is 0. The van der Waals surface area contributed by atoms with Gasteiger partial charge in [0.2, 0.25) is 0 Å². The molecule has 0 aromatic heterocycles. The summed E-state index contributed by atoms with van der Waals surface area (Å²) >= 11 is 8.05. The van der Waals surface area contributed by atoms with Crippen molar-refractivity contribution in [2.24, 2.45) is 0 Å². The van der Waals surface area contributed by atoms with Crippen LogP contribution in [0.15, 0.2) is 30.3 Å². The Bertz CT molecular complexity index is 707. The summed E-state index contributed by atoms with van der Waals surface area (Å²) in [6, 6.07) is 10.5. The lowest BCUT2D eigenvalue weighted by Crippen LogP contribution is -2.34. The van der Waals surface area contributed by atoms with Gasteiger partial charge in [-0.05, 0) is 39.2 Å². The van der Waals surface area contributed by atoms with Gasteiger partial charge in [0.15, 0.2) is 0 Å². The summed E-state index contributed by atoms with van der Waals surface area (Å²) in [5.41, 5.74) is 1.54. The first-order chi connectivity index (χ1) is 12.8. The van der Waals surface area contributed by atoms with Crippen LogP contribution >= 0.6 is 0 Å². The molecule has 0 spiro atoms. The van der Waals surface area contributed by atoms with E-state index < -0.39 is 18.1 Å². The summed E-state index contributed by atoms with van der Waals surface area (Å²) in [6.45, 7) is 8.40. The first-order valence-corrected chi connectivity index (χ1v) is 13.5. The zero-order chi connectivity index (χ0) is 21.7. The second-order valence-electron chi connectivity index (χ2n) is 7.00. The molecule has 1 aromatic carbocycles. The highest BCUT2D eigenvalue weighted by molar-refractivity contribution is 8.27. The predicted molar refractivity (Wildman–Crippen MR) is 120 cm³/mol. The molecule has 0 aliphatic carbocycles. The maximum Gasteiger partial charge on any atom is 0.269 e. The highest BCUT2D eigenvalue weighted by Crippen LogP contribution is 2.08. The molecule has 164 valence electrons. The fourth-order valence-corrected chi connectivity index (χ4v) is 3.00. The molecule has 1 aliphatic rings. The van der Waals surface area contributed by atoms with Gasteiger partial charge in [-0.15, -0.1) is 0 Å². The molecule has 28 heavy (non-hydrogen) atoms. The Hall–Kier alpha value is -0.240. The van der Waals surface area contributed by atoms with Crippen LogP contribution in [0.5, 0.6) is 0 Å². The van der Waals surface area contributed by atoms with Crippen molar-refractivity contribution in [2.75, 3.05) is 13.2 Å². The number of hydrogen-bond acceptors (Lipinski definition) is 7. The molecule has 3 N–H and O–H groups in total. The molecule has 1 heterocycles. The van der Waals surface area contributed by atoms with Gasteiger partial charge in [-0.25, -0.2) is 0 Å². The van der Waals surface area contributed by atoms with Crippen molar-refractivity contribution >= 4 is 40.5 Å². The second-order valence-corrected chi connectivity index (χ2v) is 11.7. The highest BCUT2D eigenvalue weighted by Gasteiger charge is 2.08. The summed E-state index contributed by atoms with van der Waals surface area (Å²) < 4.78 is 44.8. The van der Waals surface area contributed by atoms with E-state index in [1.165, 1.54) is 5.56 Å². The van der Waals surface area contributed by atoms with Crippen LogP contribution in [0.25, 0.3) is 0 Å². The second kappa shape index (κ2) is 13.9. The van der Waals surface area contributed by atoms with Crippen LogP contribution in [0.1, 0.15) is 52.0 Å². The number of nitrogens with one attached hydrogen (secondary N) is 1. The molecule has 0 unspecified atom stereocenters. The summed E-state index contributed by atoms with van der Waals surface area (Å²) in [5.74, 6) is 0. The van der Waals surface area contributed by atoms with Gasteiger partial charge in [0.05, 0.1) is 13.2 Å². The van der Waals surface area contributed by atoms with Gasteiger partial charge < -0.3 is 5.32 Å². The van der Waals surface area contributed by atoms with Gasteiger partial charge >= 0.3 is 0 Å². The molecular formula is C17H31NO6S4. The lowest BCUT2D eigenvalue weighted by atomic mass is 10.1. The SMILES string of the molecule is CC(C)(C)NCc1ccccc1.O=S(O)(O)=S.O=S1(=S)OCCCCCCO1. The smallest absolute Gasteiger partial charge is 0.269 e. The van der Waals surface area contributed by atoms with E-state index in [1.54, 1.807) is 0 Å². The maximum atomic E-state index is 11.1. The maximum absolute atomic E-state index is 11.1. The van der Waals surface area contributed by atoms with Gasteiger partial charge in [0.25, 0.3) is 18.1 Å². The first kappa shape index (κ1) is 27.8. The van der Waals surface area contributed by atoms with E-state index in [-0.39, 0.29) is 5.54 Å². The Kier molecular flexibility index (Phi) is 13.8. The van der Waals surface area contributed by atoms with Gasteiger partial charge in [0, 0.05) is 34.5 Å². The lowest BCUT2D eigenvalue weighted by molar-refractivity contribution is 0.254. The van der Waals surface area contributed by atoms with E-state index in [0.717, 1.165) is 32.2 Å². The van der Waals surface area contributed by atoms with Crippen LogP contribution in [0.4, 0.5) is 0 Å². The number of benzene rings is 1. The Balaban J connectivity index is 0.000000424. The Morgan fingerprint density at radius 1 is 1.07 bits per heavy atom. The minimum Gasteiger partial charge on any atom is -0.308 e. The van der Waals surface area contributed by atoms with Crippen molar-refractivity contribution in [3.8, 4) is 0 Å². The molecule has 2 rings (SSSR count). The standard InChI is InChI=1S/C11H17N.C6H12O3S2.H2O3S2/c1-11(2,3)12-9-10-7-5-4-6-8-10;7-11(10)8-5-3-1-2-4-6-9-11;1-5(2,3)4/h4-8,12H,9H2,1-3H3;1-6H2;(H2,1,2,3,4). The van der Waals surface area contributed by atoms with Crippen molar-refractivity contribution in [3.05, 3.63) is 35.9 Å². The Morgan fingerprint density at radius 2 is 1.50 bits per heavy atom. The zero-order valence-corrected chi connectivity index (χ0v) is 19.8. The van der Waals surface area contributed by atoms with Crippen molar-refractivity contribution in [1.29, 1.82) is 0 Å². The van der Waals surface area contributed by atoms with Crippen LogP contribution in [-0.2, 0) is 55.4 Å². The fraction of sp³-hybridized carbons (Fsp3) is 0.647. The van der Waals surface area contributed by atoms with Crippen LogP contribution in [0, 0.1) is 0 Å². The first-order valence-electron chi connectivity index (χ1n) is 8.81. The molecular weight excluding hydrogens is 442 g/mol. The largest absolute Gasteiger partial charge is 0.308 e. The molecule has 1 aliphatic heterocycles. The van der Waals surface area contributed by atoms with E-state index in [9.17, 15) is 4.21 Å². The number of hydrogen-bond donors (Lipinski definition) is 3. The van der Waals surface area contributed by atoms with Crippen molar-refractivity contribution < 1.29 is 25.9 Å². The van der Waals surface area contributed by atoms with E-state index in [1.807, 2.05) is 6.07 Å². The molecule has 0 bridgehead atoms. The van der Waals surface area contributed by atoms with E-state index >= 15 is 0 Å². The molecule has 0 amide bonds. The fourth-order valence-electron chi connectivity index (χ4n) is 1.88. The average Bonchev–Trinajstić information content (AvgIpc) is 2.64. The molecule has 1 saturated heterocycles. The van der Waals surface area contributed by atoms with E-state index in [2.05, 4.69) is 72.7 Å². The monoisotopic (exact) mass is 473 g/mol. The Morgan fingerprint density at radius 3 is 1.89 bits per heavy atom. The number of rotatable bonds is 2. The molecule has 1 aromatic rings. The highest BCUT2D eigenvalue weighted by atomic mass is 32.9. The summed E-state index contributed by atoms with van der Waals surface area (Å²) in [7, 11) is -6.67. The average molecular weight is 474 g/mol. The molecule has 1 fully saturated rings. The summed E-state index contributed by atoms with van der Waals surface area (Å²) in [5, 5.41) is 3.44. The van der Waals surface area contributed by atoms with Gasteiger partial charge in [-0.2, -0.15) is 8.42 Å². The minimum atomic E-state index is -3.83. The van der Waals surface area contributed by atoms with Crippen molar-refractivity contribution in [1.82, 2.24) is 5.32 Å².